The zero-order chi connectivity index (χ0) is 13.7. The van der Waals surface area contributed by atoms with Crippen molar-refractivity contribution in [3.63, 3.8) is 0 Å². The van der Waals surface area contributed by atoms with Crippen molar-refractivity contribution in [2.45, 2.75) is 6.92 Å². The summed E-state index contributed by atoms with van der Waals surface area (Å²) in [5.41, 5.74) is 5.28. The van der Waals surface area contributed by atoms with Gasteiger partial charge in [0.1, 0.15) is 0 Å². The van der Waals surface area contributed by atoms with E-state index in [1.54, 1.807) is 12.3 Å². The van der Waals surface area contributed by atoms with E-state index in [1.165, 1.54) is 0 Å². The van der Waals surface area contributed by atoms with E-state index in [-0.39, 0.29) is 5.91 Å². The summed E-state index contributed by atoms with van der Waals surface area (Å²) in [6.45, 7) is 2.02. The van der Waals surface area contributed by atoms with Crippen molar-refractivity contribution in [1.29, 1.82) is 0 Å². The number of hydrazone groups is 1. The maximum atomic E-state index is 11.9. The molecular weight excluding hydrogens is 351 g/mol. The normalized spacial score (nSPS) is 10.6. The minimum Gasteiger partial charge on any atom is -0.267 e. The first-order valence-corrected chi connectivity index (χ1v) is 6.89. The van der Waals surface area contributed by atoms with Crippen molar-refractivity contribution in [1.82, 2.24) is 5.43 Å². The number of hydrogen-bond donors (Lipinski definition) is 1. The Morgan fingerprint density at radius 2 is 2.00 bits per heavy atom. The van der Waals surface area contributed by atoms with Crippen molar-refractivity contribution in [2.75, 3.05) is 0 Å². The standard InChI is InChI=1S/C15H13IN2O/c1-11-5-4-6-12(9-11)10-17-18-15(19)13-7-2-3-8-14(13)16/h2-10H,1H3,(H,18,19)/b17-10+. The lowest BCUT2D eigenvalue weighted by Gasteiger charge is -2.02. The third-order valence-electron chi connectivity index (χ3n) is 2.54. The molecule has 0 aromatic heterocycles. The summed E-state index contributed by atoms with van der Waals surface area (Å²) in [6.07, 6.45) is 1.64. The van der Waals surface area contributed by atoms with Gasteiger partial charge in [-0.2, -0.15) is 5.10 Å². The summed E-state index contributed by atoms with van der Waals surface area (Å²) in [5.74, 6) is -0.200. The van der Waals surface area contributed by atoms with Gasteiger partial charge in [-0.05, 0) is 47.2 Å². The molecule has 0 unspecified atom stereocenters. The Morgan fingerprint density at radius 1 is 1.21 bits per heavy atom. The van der Waals surface area contributed by atoms with E-state index in [0.717, 1.165) is 14.7 Å². The van der Waals surface area contributed by atoms with E-state index in [4.69, 9.17) is 0 Å². The van der Waals surface area contributed by atoms with Crippen molar-refractivity contribution in [2.24, 2.45) is 5.10 Å². The van der Waals surface area contributed by atoms with E-state index in [0.29, 0.717) is 5.56 Å². The van der Waals surface area contributed by atoms with Crippen molar-refractivity contribution < 1.29 is 4.79 Å². The van der Waals surface area contributed by atoms with Crippen LogP contribution in [0.3, 0.4) is 0 Å². The SMILES string of the molecule is Cc1cccc(/C=N/NC(=O)c2ccccc2I)c1. The van der Waals surface area contributed by atoms with Gasteiger partial charge in [-0.1, -0.05) is 42.0 Å². The largest absolute Gasteiger partial charge is 0.272 e. The first-order chi connectivity index (χ1) is 9.16. The number of rotatable bonds is 3. The van der Waals surface area contributed by atoms with E-state index in [9.17, 15) is 4.79 Å². The molecule has 0 radical (unpaired) electrons. The zero-order valence-corrected chi connectivity index (χ0v) is 12.6. The van der Waals surface area contributed by atoms with Gasteiger partial charge in [0, 0.05) is 3.57 Å². The molecule has 0 bridgehead atoms. The average Bonchev–Trinajstić information content (AvgIpc) is 2.39. The molecule has 2 rings (SSSR count). The second-order valence-electron chi connectivity index (χ2n) is 4.09. The second kappa shape index (κ2) is 6.47. The molecule has 4 heteroatoms. The smallest absolute Gasteiger partial charge is 0.267 e. The number of benzene rings is 2. The van der Waals surface area contributed by atoms with Crippen LogP contribution in [0.2, 0.25) is 0 Å². The molecule has 96 valence electrons. The molecule has 19 heavy (non-hydrogen) atoms. The van der Waals surface area contributed by atoms with Crippen LogP contribution in [0.25, 0.3) is 0 Å². The van der Waals surface area contributed by atoms with E-state index in [2.05, 4.69) is 33.1 Å². The molecule has 0 spiro atoms. The van der Waals surface area contributed by atoms with Crippen LogP contribution in [0.15, 0.2) is 53.6 Å². The molecule has 3 nitrogen and oxygen atoms in total. The maximum Gasteiger partial charge on any atom is 0.272 e. The van der Waals surface area contributed by atoms with Gasteiger partial charge in [0.25, 0.3) is 5.91 Å². The fourth-order valence-electron chi connectivity index (χ4n) is 1.62. The Hall–Kier alpha value is -1.69. The van der Waals surface area contributed by atoms with Crippen LogP contribution in [0.5, 0.6) is 0 Å². The monoisotopic (exact) mass is 364 g/mol. The van der Waals surface area contributed by atoms with Crippen molar-refractivity contribution in [3.8, 4) is 0 Å². The van der Waals surface area contributed by atoms with Gasteiger partial charge in [-0.15, -0.1) is 0 Å². The quantitative estimate of drug-likeness (QED) is 0.507. The molecule has 0 saturated heterocycles. The highest BCUT2D eigenvalue weighted by Gasteiger charge is 2.07. The summed E-state index contributed by atoms with van der Waals surface area (Å²) in [5, 5.41) is 3.97. The molecule has 0 aliphatic carbocycles. The molecule has 2 aromatic rings. The van der Waals surface area contributed by atoms with Crippen LogP contribution >= 0.6 is 22.6 Å². The Bertz CT molecular complexity index is 623. The summed E-state index contributed by atoms with van der Waals surface area (Å²) >= 11 is 2.13. The van der Waals surface area contributed by atoms with Crippen LogP contribution in [0.4, 0.5) is 0 Å². The molecule has 0 saturated carbocycles. The number of nitrogens with one attached hydrogen (secondary N) is 1. The van der Waals surface area contributed by atoms with Gasteiger partial charge in [0.05, 0.1) is 11.8 Å². The molecule has 0 atom stereocenters. The van der Waals surface area contributed by atoms with Gasteiger partial charge >= 0.3 is 0 Å². The highest BCUT2D eigenvalue weighted by atomic mass is 127. The van der Waals surface area contributed by atoms with Crippen LogP contribution in [-0.4, -0.2) is 12.1 Å². The lowest BCUT2D eigenvalue weighted by Crippen LogP contribution is -2.18. The first-order valence-electron chi connectivity index (χ1n) is 5.81. The number of carbonyl (C=O) groups is 1. The average molecular weight is 364 g/mol. The fraction of sp³-hybridized carbons (Fsp3) is 0.0667. The molecule has 2 aromatic carbocycles. The minimum atomic E-state index is -0.200. The predicted octanol–water partition coefficient (Wildman–Crippen LogP) is 3.36. The van der Waals surface area contributed by atoms with Gasteiger partial charge in [0.15, 0.2) is 0 Å². The summed E-state index contributed by atoms with van der Waals surface area (Å²) in [6, 6.07) is 15.3. The zero-order valence-electron chi connectivity index (χ0n) is 10.4. The van der Waals surface area contributed by atoms with Crippen LogP contribution in [0, 0.1) is 10.5 Å². The number of halogens is 1. The Kier molecular flexibility index (Phi) is 4.68. The molecule has 0 aliphatic heterocycles. The predicted molar refractivity (Wildman–Crippen MR) is 85.4 cm³/mol. The summed E-state index contributed by atoms with van der Waals surface area (Å²) in [7, 11) is 0. The number of carbonyl (C=O) groups excluding carboxylic acids is 1. The molecule has 0 aliphatic rings. The highest BCUT2D eigenvalue weighted by molar-refractivity contribution is 14.1. The van der Waals surface area contributed by atoms with Gasteiger partial charge in [-0.3, -0.25) is 4.79 Å². The summed E-state index contributed by atoms with van der Waals surface area (Å²) < 4.78 is 0.906. The molecular formula is C15H13IN2O. The Balaban J connectivity index is 2.03. The van der Waals surface area contributed by atoms with Gasteiger partial charge in [-0.25, -0.2) is 5.43 Å². The minimum absolute atomic E-state index is 0.200. The number of aryl methyl sites for hydroxylation is 1. The maximum absolute atomic E-state index is 11.9. The topological polar surface area (TPSA) is 41.5 Å². The Morgan fingerprint density at radius 3 is 2.74 bits per heavy atom. The lowest BCUT2D eigenvalue weighted by molar-refractivity contribution is 0.0954. The van der Waals surface area contributed by atoms with E-state index in [1.807, 2.05) is 49.4 Å². The molecule has 1 N–H and O–H groups in total. The van der Waals surface area contributed by atoms with Gasteiger partial charge < -0.3 is 0 Å². The van der Waals surface area contributed by atoms with E-state index < -0.39 is 0 Å². The third-order valence-corrected chi connectivity index (χ3v) is 3.48. The fourth-order valence-corrected chi connectivity index (χ4v) is 2.25. The second-order valence-corrected chi connectivity index (χ2v) is 5.26. The summed E-state index contributed by atoms with van der Waals surface area (Å²) in [4.78, 5) is 11.9. The number of amides is 1. The third kappa shape index (κ3) is 3.89. The van der Waals surface area contributed by atoms with Crippen LogP contribution < -0.4 is 5.43 Å². The van der Waals surface area contributed by atoms with Crippen molar-refractivity contribution >= 4 is 34.7 Å². The molecule has 0 heterocycles. The highest BCUT2D eigenvalue weighted by Crippen LogP contribution is 2.10. The van der Waals surface area contributed by atoms with Crippen LogP contribution in [-0.2, 0) is 0 Å². The molecule has 1 amide bonds. The first kappa shape index (κ1) is 13.7. The lowest BCUT2D eigenvalue weighted by atomic mass is 10.2. The number of hydrogen-bond acceptors (Lipinski definition) is 2. The Labute approximate surface area is 125 Å². The van der Waals surface area contributed by atoms with Gasteiger partial charge in [0.2, 0.25) is 0 Å². The van der Waals surface area contributed by atoms with Crippen molar-refractivity contribution in [3.05, 3.63) is 68.8 Å². The van der Waals surface area contributed by atoms with E-state index >= 15 is 0 Å². The van der Waals surface area contributed by atoms with Crippen LogP contribution in [0.1, 0.15) is 21.5 Å². The number of nitrogens with zero attached hydrogens (tertiary/aromatic N) is 1. The molecule has 0 fully saturated rings.